The largest absolute Gasteiger partial charge is 0.374 e. The number of halogens is 1. The molecule has 0 spiro atoms. The van der Waals surface area contributed by atoms with E-state index in [1.807, 2.05) is 0 Å². The van der Waals surface area contributed by atoms with E-state index >= 15 is 0 Å². The van der Waals surface area contributed by atoms with Crippen LogP contribution in [0.15, 0.2) is 36.7 Å². The third kappa shape index (κ3) is 2.71. The van der Waals surface area contributed by atoms with Gasteiger partial charge in [0, 0.05) is 26.2 Å². The van der Waals surface area contributed by atoms with Gasteiger partial charge in [0.25, 0.3) is 5.91 Å². The summed E-state index contributed by atoms with van der Waals surface area (Å²) in [5.74, 6) is 0.0836. The lowest BCUT2D eigenvalue weighted by atomic mass is 9.99. The SMILES string of the molecule is CN1CCC(O)(c2cn(-c3cccc(-c4ccnc(Cl)n4)n3)nn2)C1=O. The van der Waals surface area contributed by atoms with Crippen molar-refractivity contribution in [2.75, 3.05) is 13.6 Å². The van der Waals surface area contributed by atoms with Crippen LogP contribution in [0.1, 0.15) is 12.1 Å². The van der Waals surface area contributed by atoms with Crippen molar-refractivity contribution in [3.05, 3.63) is 47.6 Å². The van der Waals surface area contributed by atoms with E-state index in [4.69, 9.17) is 11.6 Å². The molecule has 1 aliphatic heterocycles. The predicted molar refractivity (Wildman–Crippen MR) is 91.3 cm³/mol. The lowest BCUT2D eigenvalue weighted by Gasteiger charge is -2.17. The first-order valence-electron chi connectivity index (χ1n) is 7.84. The summed E-state index contributed by atoms with van der Waals surface area (Å²) in [5.41, 5.74) is -0.299. The molecule has 0 saturated carbocycles. The summed E-state index contributed by atoms with van der Waals surface area (Å²) < 4.78 is 1.41. The first kappa shape index (κ1) is 16.6. The molecule has 3 aromatic heterocycles. The van der Waals surface area contributed by atoms with Crippen molar-refractivity contribution in [1.82, 2.24) is 34.8 Å². The second-order valence-corrected chi connectivity index (χ2v) is 6.32. The highest BCUT2D eigenvalue weighted by Crippen LogP contribution is 2.31. The zero-order chi connectivity index (χ0) is 18.3. The molecule has 10 heteroatoms. The highest BCUT2D eigenvalue weighted by atomic mass is 35.5. The van der Waals surface area contributed by atoms with Crippen molar-refractivity contribution in [3.63, 3.8) is 0 Å². The Bertz CT molecular complexity index is 992. The van der Waals surface area contributed by atoms with Crippen molar-refractivity contribution in [3.8, 4) is 17.2 Å². The number of hydrogen-bond donors (Lipinski definition) is 1. The Hall–Kier alpha value is -2.91. The second-order valence-electron chi connectivity index (χ2n) is 5.98. The van der Waals surface area contributed by atoms with E-state index < -0.39 is 5.60 Å². The number of carbonyl (C=O) groups is 1. The minimum atomic E-state index is -1.65. The van der Waals surface area contributed by atoms with Gasteiger partial charge in [-0.3, -0.25) is 4.79 Å². The van der Waals surface area contributed by atoms with E-state index in [2.05, 4.69) is 25.3 Å². The Balaban J connectivity index is 1.69. The molecule has 0 radical (unpaired) electrons. The molecule has 132 valence electrons. The molecule has 4 heterocycles. The zero-order valence-electron chi connectivity index (χ0n) is 13.7. The fraction of sp³-hybridized carbons (Fsp3) is 0.250. The molecular formula is C16H14ClN7O2. The molecule has 1 fully saturated rings. The molecule has 1 unspecified atom stereocenters. The summed E-state index contributed by atoms with van der Waals surface area (Å²) in [4.78, 5) is 26.1. The summed E-state index contributed by atoms with van der Waals surface area (Å²) in [6.45, 7) is 0.463. The van der Waals surface area contributed by atoms with E-state index in [1.54, 1.807) is 37.5 Å². The smallest absolute Gasteiger partial charge is 0.260 e. The topological polar surface area (TPSA) is 110 Å². The fourth-order valence-electron chi connectivity index (χ4n) is 2.83. The molecule has 1 saturated heterocycles. The van der Waals surface area contributed by atoms with E-state index in [1.165, 1.54) is 15.8 Å². The Labute approximate surface area is 153 Å². The van der Waals surface area contributed by atoms with Crippen LogP contribution in [-0.2, 0) is 10.4 Å². The molecule has 1 N–H and O–H groups in total. The van der Waals surface area contributed by atoms with Crippen LogP contribution in [-0.4, -0.2) is 59.5 Å². The van der Waals surface area contributed by atoms with Crippen LogP contribution in [0.5, 0.6) is 0 Å². The van der Waals surface area contributed by atoms with Gasteiger partial charge >= 0.3 is 0 Å². The average Bonchev–Trinajstić information content (AvgIpc) is 3.25. The zero-order valence-corrected chi connectivity index (χ0v) is 14.5. The molecular weight excluding hydrogens is 358 g/mol. The number of amides is 1. The first-order valence-corrected chi connectivity index (χ1v) is 8.22. The van der Waals surface area contributed by atoms with E-state index in [9.17, 15) is 9.90 Å². The van der Waals surface area contributed by atoms with E-state index in [-0.39, 0.29) is 23.3 Å². The van der Waals surface area contributed by atoms with Gasteiger partial charge in [-0.2, -0.15) is 0 Å². The summed E-state index contributed by atoms with van der Waals surface area (Å²) >= 11 is 5.83. The number of aromatic nitrogens is 6. The summed E-state index contributed by atoms with van der Waals surface area (Å²) in [5, 5.41) is 18.8. The van der Waals surface area contributed by atoms with Crippen LogP contribution in [0.4, 0.5) is 0 Å². The Kier molecular flexibility index (Phi) is 3.89. The van der Waals surface area contributed by atoms with Gasteiger partial charge in [-0.15, -0.1) is 5.10 Å². The van der Waals surface area contributed by atoms with Crippen molar-refractivity contribution >= 4 is 17.5 Å². The molecule has 1 aliphatic rings. The minimum absolute atomic E-state index is 0.129. The van der Waals surface area contributed by atoms with Crippen LogP contribution in [0.25, 0.3) is 17.2 Å². The van der Waals surface area contributed by atoms with Gasteiger partial charge in [0.2, 0.25) is 5.28 Å². The molecule has 0 bridgehead atoms. The number of pyridine rings is 1. The van der Waals surface area contributed by atoms with Gasteiger partial charge in [-0.1, -0.05) is 11.3 Å². The van der Waals surface area contributed by atoms with Crippen LogP contribution in [0, 0.1) is 0 Å². The van der Waals surface area contributed by atoms with Gasteiger partial charge in [0.15, 0.2) is 11.4 Å². The average molecular weight is 372 g/mol. The summed E-state index contributed by atoms with van der Waals surface area (Å²) in [6, 6.07) is 7.00. The Morgan fingerprint density at radius 3 is 2.77 bits per heavy atom. The summed E-state index contributed by atoms with van der Waals surface area (Å²) in [7, 11) is 1.64. The Morgan fingerprint density at radius 1 is 1.23 bits per heavy atom. The monoisotopic (exact) mass is 371 g/mol. The van der Waals surface area contributed by atoms with Crippen LogP contribution in [0.3, 0.4) is 0 Å². The van der Waals surface area contributed by atoms with Crippen LogP contribution >= 0.6 is 11.6 Å². The molecule has 3 aromatic rings. The third-order valence-corrected chi connectivity index (χ3v) is 4.47. The Morgan fingerprint density at radius 2 is 2.04 bits per heavy atom. The number of carbonyl (C=O) groups excluding carboxylic acids is 1. The van der Waals surface area contributed by atoms with Crippen molar-refractivity contribution in [2.45, 2.75) is 12.0 Å². The van der Waals surface area contributed by atoms with Gasteiger partial charge < -0.3 is 10.0 Å². The van der Waals surface area contributed by atoms with Gasteiger partial charge in [-0.25, -0.2) is 19.6 Å². The third-order valence-electron chi connectivity index (χ3n) is 4.28. The maximum atomic E-state index is 12.2. The number of nitrogens with zero attached hydrogens (tertiary/aromatic N) is 7. The number of hydrogen-bond acceptors (Lipinski definition) is 7. The predicted octanol–water partition coefficient (Wildman–Crippen LogP) is 0.822. The maximum absolute atomic E-state index is 12.2. The fourth-order valence-corrected chi connectivity index (χ4v) is 2.98. The quantitative estimate of drug-likeness (QED) is 0.678. The maximum Gasteiger partial charge on any atom is 0.260 e. The molecule has 1 amide bonds. The lowest BCUT2D eigenvalue weighted by Crippen LogP contribution is -2.36. The molecule has 0 aliphatic carbocycles. The first-order chi connectivity index (χ1) is 12.5. The molecule has 9 nitrogen and oxygen atoms in total. The van der Waals surface area contributed by atoms with Gasteiger partial charge in [0.1, 0.15) is 5.69 Å². The van der Waals surface area contributed by atoms with Gasteiger partial charge in [0.05, 0.1) is 17.6 Å². The van der Waals surface area contributed by atoms with Crippen molar-refractivity contribution in [2.24, 2.45) is 0 Å². The van der Waals surface area contributed by atoms with Crippen molar-refractivity contribution < 1.29 is 9.90 Å². The molecule has 0 aromatic carbocycles. The molecule has 1 atom stereocenters. The number of aliphatic hydroxyl groups is 1. The highest BCUT2D eigenvalue weighted by molar-refractivity contribution is 6.28. The summed E-state index contributed by atoms with van der Waals surface area (Å²) in [6.07, 6.45) is 3.33. The highest BCUT2D eigenvalue weighted by Gasteiger charge is 2.47. The number of likely N-dealkylation sites (N-methyl/N-ethyl adjacent to an activating group) is 1. The second kappa shape index (κ2) is 6.11. The normalized spacial score (nSPS) is 20.0. The van der Waals surface area contributed by atoms with E-state index in [0.717, 1.165) is 0 Å². The standard InChI is InChI=1S/C16H14ClN7O2/c1-23-8-6-16(26,14(23)25)12-9-24(22-21-12)13-4-2-3-10(19-13)11-5-7-18-15(17)20-11/h2-5,7,9,26H,6,8H2,1H3. The van der Waals surface area contributed by atoms with E-state index in [0.29, 0.717) is 23.8 Å². The molecule has 4 rings (SSSR count). The van der Waals surface area contributed by atoms with Gasteiger partial charge in [-0.05, 0) is 29.8 Å². The lowest BCUT2D eigenvalue weighted by molar-refractivity contribution is -0.143. The minimum Gasteiger partial charge on any atom is -0.374 e. The van der Waals surface area contributed by atoms with Crippen molar-refractivity contribution in [1.29, 1.82) is 0 Å². The molecule has 26 heavy (non-hydrogen) atoms. The van der Waals surface area contributed by atoms with Crippen LogP contribution < -0.4 is 0 Å². The number of likely N-dealkylation sites (tertiary alicyclic amines) is 1. The van der Waals surface area contributed by atoms with Crippen LogP contribution in [0.2, 0.25) is 5.28 Å². The number of rotatable bonds is 3.